The first kappa shape index (κ1) is 14.9. The molecule has 1 amide bonds. The van der Waals surface area contributed by atoms with Gasteiger partial charge in [0.05, 0.1) is 17.9 Å². The van der Waals surface area contributed by atoms with Gasteiger partial charge in [0.25, 0.3) is 0 Å². The van der Waals surface area contributed by atoms with Crippen molar-refractivity contribution in [1.82, 2.24) is 9.97 Å². The van der Waals surface area contributed by atoms with Gasteiger partial charge in [0.2, 0.25) is 11.9 Å². The van der Waals surface area contributed by atoms with Gasteiger partial charge in [-0.3, -0.25) is 4.79 Å². The molecule has 0 aromatic carbocycles. The predicted octanol–water partition coefficient (Wildman–Crippen LogP) is 0.638. The van der Waals surface area contributed by atoms with Crippen molar-refractivity contribution >= 4 is 17.8 Å². The van der Waals surface area contributed by atoms with Crippen molar-refractivity contribution in [3.05, 3.63) is 17.5 Å². The van der Waals surface area contributed by atoms with E-state index >= 15 is 0 Å². The molecule has 104 valence electrons. The zero-order valence-corrected chi connectivity index (χ0v) is 11.3. The first-order valence-electron chi connectivity index (χ1n) is 5.99. The van der Waals surface area contributed by atoms with Crippen LogP contribution in [0.3, 0.4) is 0 Å². The summed E-state index contributed by atoms with van der Waals surface area (Å²) in [5, 5.41) is 2.94. The topological polar surface area (TPSA) is 107 Å². The number of rotatable bonds is 6. The summed E-state index contributed by atoms with van der Waals surface area (Å²) in [7, 11) is 0. The summed E-state index contributed by atoms with van der Waals surface area (Å²) in [5.74, 6) is -0.504. The van der Waals surface area contributed by atoms with E-state index < -0.39 is 11.9 Å². The van der Waals surface area contributed by atoms with E-state index in [-0.39, 0.29) is 12.5 Å². The maximum atomic E-state index is 11.6. The van der Waals surface area contributed by atoms with Gasteiger partial charge in [-0.05, 0) is 20.8 Å². The molecule has 0 radical (unpaired) electrons. The van der Waals surface area contributed by atoms with Crippen LogP contribution < -0.4 is 11.1 Å². The van der Waals surface area contributed by atoms with Crippen molar-refractivity contribution in [3.8, 4) is 0 Å². The Morgan fingerprint density at radius 3 is 2.74 bits per heavy atom. The predicted molar refractivity (Wildman–Crippen MR) is 69.6 cm³/mol. The lowest BCUT2D eigenvalue weighted by Crippen LogP contribution is -2.25. The monoisotopic (exact) mass is 266 g/mol. The largest absolute Gasteiger partial charge is 0.462 e. The first-order chi connectivity index (χ1) is 8.93. The molecule has 0 aliphatic heterocycles. The van der Waals surface area contributed by atoms with Crippen molar-refractivity contribution in [1.29, 1.82) is 0 Å². The fraction of sp³-hybridized carbons (Fsp3) is 0.500. The Labute approximate surface area is 111 Å². The molecule has 1 rings (SSSR count). The number of primary amides is 1. The fourth-order valence-corrected chi connectivity index (χ4v) is 1.52. The van der Waals surface area contributed by atoms with E-state index in [1.165, 1.54) is 6.20 Å². The Balaban J connectivity index is 2.76. The second-order valence-electron chi connectivity index (χ2n) is 4.13. The standard InChI is InChI=1S/C12H18N4O3/c1-4-19-11(18)9-6-14-12(16-8(9)3)15-7(2)5-10(13)17/h6-7H,4-5H2,1-3H3,(H2,13,17)(H,14,15,16). The number of ether oxygens (including phenoxy) is 1. The third-order valence-corrected chi connectivity index (χ3v) is 2.36. The molecule has 0 aliphatic rings. The van der Waals surface area contributed by atoms with Gasteiger partial charge < -0.3 is 15.8 Å². The second-order valence-corrected chi connectivity index (χ2v) is 4.13. The maximum Gasteiger partial charge on any atom is 0.341 e. The molecule has 7 heteroatoms. The van der Waals surface area contributed by atoms with Crippen LogP contribution in [0, 0.1) is 6.92 Å². The molecule has 7 nitrogen and oxygen atoms in total. The number of hydrogen-bond donors (Lipinski definition) is 2. The third kappa shape index (κ3) is 4.53. The lowest BCUT2D eigenvalue weighted by atomic mass is 10.2. The number of hydrogen-bond acceptors (Lipinski definition) is 6. The van der Waals surface area contributed by atoms with Gasteiger partial charge in [-0.15, -0.1) is 0 Å². The van der Waals surface area contributed by atoms with Crippen LogP contribution in [0.15, 0.2) is 6.20 Å². The number of esters is 1. The number of anilines is 1. The van der Waals surface area contributed by atoms with Gasteiger partial charge in [-0.2, -0.15) is 0 Å². The van der Waals surface area contributed by atoms with E-state index in [0.29, 0.717) is 23.8 Å². The van der Waals surface area contributed by atoms with Crippen LogP contribution in [0.2, 0.25) is 0 Å². The van der Waals surface area contributed by atoms with Gasteiger partial charge in [0, 0.05) is 18.7 Å². The van der Waals surface area contributed by atoms with Gasteiger partial charge in [0.15, 0.2) is 0 Å². The molecule has 3 N–H and O–H groups in total. The van der Waals surface area contributed by atoms with E-state index in [4.69, 9.17) is 10.5 Å². The second kappa shape index (κ2) is 6.67. The Bertz CT molecular complexity index is 476. The van der Waals surface area contributed by atoms with Crippen LogP contribution >= 0.6 is 0 Å². The Kier molecular flexibility index (Phi) is 5.23. The number of aryl methyl sites for hydroxylation is 1. The highest BCUT2D eigenvalue weighted by Gasteiger charge is 2.14. The molecule has 0 saturated heterocycles. The summed E-state index contributed by atoms with van der Waals surface area (Å²) < 4.78 is 4.88. The van der Waals surface area contributed by atoms with Crippen molar-refractivity contribution < 1.29 is 14.3 Å². The van der Waals surface area contributed by atoms with Crippen molar-refractivity contribution in [2.75, 3.05) is 11.9 Å². The number of nitrogens with one attached hydrogen (secondary N) is 1. The lowest BCUT2D eigenvalue weighted by Gasteiger charge is -2.12. The lowest BCUT2D eigenvalue weighted by molar-refractivity contribution is -0.118. The zero-order chi connectivity index (χ0) is 14.4. The van der Waals surface area contributed by atoms with Crippen molar-refractivity contribution in [2.45, 2.75) is 33.2 Å². The SMILES string of the molecule is CCOC(=O)c1cnc(NC(C)CC(N)=O)nc1C. The molecule has 19 heavy (non-hydrogen) atoms. The average molecular weight is 266 g/mol. The molecule has 1 unspecified atom stereocenters. The molecule has 1 aromatic rings. The number of carbonyl (C=O) groups excluding carboxylic acids is 2. The summed E-state index contributed by atoms with van der Waals surface area (Å²) in [4.78, 5) is 30.5. The Morgan fingerprint density at radius 1 is 1.53 bits per heavy atom. The number of carbonyl (C=O) groups is 2. The number of nitrogens with two attached hydrogens (primary N) is 1. The minimum absolute atomic E-state index is 0.176. The van der Waals surface area contributed by atoms with Crippen LogP contribution in [0.4, 0.5) is 5.95 Å². The smallest absolute Gasteiger partial charge is 0.341 e. The van der Waals surface area contributed by atoms with Crippen LogP contribution in [-0.2, 0) is 9.53 Å². The molecule has 0 fully saturated rings. The first-order valence-corrected chi connectivity index (χ1v) is 5.99. The maximum absolute atomic E-state index is 11.6. The van der Waals surface area contributed by atoms with E-state index in [1.54, 1.807) is 20.8 Å². The third-order valence-electron chi connectivity index (χ3n) is 2.36. The summed E-state index contributed by atoms with van der Waals surface area (Å²) in [5.41, 5.74) is 5.94. The van der Waals surface area contributed by atoms with Crippen molar-refractivity contribution in [2.24, 2.45) is 5.73 Å². The van der Waals surface area contributed by atoms with Crippen LogP contribution in [0.25, 0.3) is 0 Å². The minimum Gasteiger partial charge on any atom is -0.462 e. The van der Waals surface area contributed by atoms with Crippen LogP contribution in [0.5, 0.6) is 0 Å². The molecule has 1 heterocycles. The summed E-state index contributed by atoms with van der Waals surface area (Å²) in [6, 6.07) is -0.176. The zero-order valence-electron chi connectivity index (χ0n) is 11.3. The summed E-state index contributed by atoms with van der Waals surface area (Å²) in [6.07, 6.45) is 1.59. The Hall–Kier alpha value is -2.18. The summed E-state index contributed by atoms with van der Waals surface area (Å²) in [6.45, 7) is 5.52. The normalized spacial score (nSPS) is 11.7. The van der Waals surface area contributed by atoms with E-state index in [1.807, 2.05) is 0 Å². The summed E-state index contributed by atoms with van der Waals surface area (Å²) >= 11 is 0. The number of aromatic nitrogens is 2. The average Bonchev–Trinajstić information content (AvgIpc) is 2.27. The van der Waals surface area contributed by atoms with E-state index in [9.17, 15) is 9.59 Å². The molecular formula is C12H18N4O3. The molecule has 0 spiro atoms. The van der Waals surface area contributed by atoms with Gasteiger partial charge in [-0.1, -0.05) is 0 Å². The quantitative estimate of drug-likeness (QED) is 0.731. The highest BCUT2D eigenvalue weighted by atomic mass is 16.5. The molecule has 0 bridgehead atoms. The molecular weight excluding hydrogens is 248 g/mol. The Morgan fingerprint density at radius 2 is 2.21 bits per heavy atom. The van der Waals surface area contributed by atoms with E-state index in [0.717, 1.165) is 0 Å². The highest BCUT2D eigenvalue weighted by molar-refractivity contribution is 5.90. The highest BCUT2D eigenvalue weighted by Crippen LogP contribution is 2.10. The molecule has 0 saturated carbocycles. The molecule has 1 atom stereocenters. The fourth-order valence-electron chi connectivity index (χ4n) is 1.52. The van der Waals surface area contributed by atoms with Gasteiger partial charge >= 0.3 is 5.97 Å². The van der Waals surface area contributed by atoms with Crippen LogP contribution in [-0.4, -0.2) is 34.5 Å². The van der Waals surface area contributed by atoms with E-state index in [2.05, 4.69) is 15.3 Å². The van der Waals surface area contributed by atoms with Gasteiger partial charge in [-0.25, -0.2) is 14.8 Å². The van der Waals surface area contributed by atoms with Crippen molar-refractivity contribution in [3.63, 3.8) is 0 Å². The van der Waals surface area contributed by atoms with Crippen LogP contribution in [0.1, 0.15) is 36.3 Å². The molecule has 1 aromatic heterocycles. The minimum atomic E-state index is -0.447. The molecule has 0 aliphatic carbocycles. The number of nitrogens with zero attached hydrogens (tertiary/aromatic N) is 2. The number of amides is 1. The van der Waals surface area contributed by atoms with Gasteiger partial charge in [0.1, 0.15) is 0 Å².